The number of pyridine rings is 1. The first-order valence-corrected chi connectivity index (χ1v) is 6.53. The zero-order valence-electron chi connectivity index (χ0n) is 10.6. The van der Waals surface area contributed by atoms with Crippen LogP contribution in [0.5, 0.6) is 0 Å². The highest BCUT2D eigenvalue weighted by Crippen LogP contribution is 2.19. The van der Waals surface area contributed by atoms with Crippen molar-refractivity contribution in [2.24, 2.45) is 5.10 Å². The average Bonchev–Trinajstić information content (AvgIpc) is 2.42. The van der Waals surface area contributed by atoms with Crippen LogP contribution in [0.4, 0.5) is 0 Å². The van der Waals surface area contributed by atoms with E-state index < -0.39 is 0 Å². The molecular weight excluding hydrogens is 297 g/mol. The van der Waals surface area contributed by atoms with E-state index in [4.69, 9.17) is 23.2 Å². The second-order valence-electron chi connectivity index (χ2n) is 4.05. The van der Waals surface area contributed by atoms with Gasteiger partial charge in [0.1, 0.15) is 0 Å². The molecule has 4 nitrogen and oxygen atoms in total. The molecule has 0 aliphatic rings. The summed E-state index contributed by atoms with van der Waals surface area (Å²) in [5.41, 5.74) is 4.36. The van der Waals surface area contributed by atoms with Crippen LogP contribution in [0, 0.1) is 6.92 Å². The van der Waals surface area contributed by atoms with Crippen molar-refractivity contribution in [3.05, 3.63) is 63.4 Å². The van der Waals surface area contributed by atoms with E-state index in [2.05, 4.69) is 15.5 Å². The van der Waals surface area contributed by atoms with E-state index in [1.54, 1.807) is 30.3 Å². The molecule has 0 aliphatic heterocycles. The second-order valence-corrected chi connectivity index (χ2v) is 4.90. The SMILES string of the molecule is Cc1ccc(C(=O)N/N=C\c2ccc(Cl)cc2Cl)cn1. The van der Waals surface area contributed by atoms with Gasteiger partial charge in [0.2, 0.25) is 0 Å². The topological polar surface area (TPSA) is 54.4 Å². The predicted molar refractivity (Wildman–Crippen MR) is 80.5 cm³/mol. The number of amides is 1. The lowest BCUT2D eigenvalue weighted by Gasteiger charge is -2.01. The van der Waals surface area contributed by atoms with E-state index in [0.29, 0.717) is 21.2 Å². The lowest BCUT2D eigenvalue weighted by Crippen LogP contribution is -2.17. The van der Waals surface area contributed by atoms with Crippen LogP contribution in [0.2, 0.25) is 10.0 Å². The third kappa shape index (κ3) is 3.79. The fourth-order valence-electron chi connectivity index (χ4n) is 1.43. The molecule has 0 spiro atoms. The van der Waals surface area contributed by atoms with Crippen molar-refractivity contribution in [1.29, 1.82) is 0 Å². The maximum absolute atomic E-state index is 11.8. The fraction of sp³-hybridized carbons (Fsp3) is 0.0714. The molecule has 0 bridgehead atoms. The summed E-state index contributed by atoms with van der Waals surface area (Å²) in [6.45, 7) is 1.85. The summed E-state index contributed by atoms with van der Waals surface area (Å²) < 4.78 is 0. The lowest BCUT2D eigenvalue weighted by atomic mass is 10.2. The number of hydrogen-bond donors (Lipinski definition) is 1. The Morgan fingerprint density at radius 2 is 2.10 bits per heavy atom. The molecule has 1 aromatic heterocycles. The van der Waals surface area contributed by atoms with Gasteiger partial charge in [0.05, 0.1) is 16.8 Å². The summed E-state index contributed by atoms with van der Waals surface area (Å²) in [5, 5.41) is 4.86. The molecule has 6 heteroatoms. The molecule has 0 fully saturated rings. The summed E-state index contributed by atoms with van der Waals surface area (Å²) in [7, 11) is 0. The largest absolute Gasteiger partial charge is 0.272 e. The summed E-state index contributed by atoms with van der Waals surface area (Å²) in [5.74, 6) is -0.334. The average molecular weight is 308 g/mol. The highest BCUT2D eigenvalue weighted by atomic mass is 35.5. The Bertz CT molecular complexity index is 654. The van der Waals surface area contributed by atoms with Gasteiger partial charge in [-0.1, -0.05) is 29.3 Å². The number of rotatable bonds is 3. The molecule has 0 unspecified atom stereocenters. The van der Waals surface area contributed by atoms with Crippen molar-refractivity contribution in [2.75, 3.05) is 0 Å². The molecule has 20 heavy (non-hydrogen) atoms. The van der Waals surface area contributed by atoms with Crippen LogP contribution in [0.3, 0.4) is 0 Å². The number of carbonyl (C=O) groups excluding carboxylic acids is 1. The molecule has 1 amide bonds. The molecule has 0 saturated heterocycles. The van der Waals surface area contributed by atoms with Crippen molar-refractivity contribution in [3.63, 3.8) is 0 Å². The molecule has 2 rings (SSSR count). The minimum Gasteiger partial charge on any atom is -0.267 e. The van der Waals surface area contributed by atoms with Gasteiger partial charge in [-0.2, -0.15) is 5.10 Å². The zero-order valence-corrected chi connectivity index (χ0v) is 12.1. The molecule has 1 heterocycles. The molecule has 0 aliphatic carbocycles. The summed E-state index contributed by atoms with van der Waals surface area (Å²) in [4.78, 5) is 15.8. The molecule has 102 valence electrons. The molecule has 1 N–H and O–H groups in total. The number of carbonyl (C=O) groups is 1. The van der Waals surface area contributed by atoms with E-state index >= 15 is 0 Å². The Labute approximate surface area is 126 Å². The number of nitrogens with one attached hydrogen (secondary N) is 1. The number of nitrogens with zero attached hydrogens (tertiary/aromatic N) is 2. The van der Waals surface area contributed by atoms with Gasteiger partial charge in [-0.05, 0) is 31.2 Å². The van der Waals surface area contributed by atoms with Crippen molar-refractivity contribution in [2.45, 2.75) is 6.92 Å². The molecule has 0 atom stereocenters. The van der Waals surface area contributed by atoms with Gasteiger partial charge in [0.15, 0.2) is 0 Å². The molecule has 0 radical (unpaired) electrons. The predicted octanol–water partition coefficient (Wildman–Crippen LogP) is 3.46. The first-order valence-electron chi connectivity index (χ1n) is 5.77. The Balaban J connectivity index is 2.02. The summed E-state index contributed by atoms with van der Waals surface area (Å²) in [6.07, 6.45) is 2.95. The maximum Gasteiger partial charge on any atom is 0.272 e. The maximum atomic E-state index is 11.8. The van der Waals surface area contributed by atoms with Crippen LogP contribution in [-0.2, 0) is 0 Å². The number of aromatic nitrogens is 1. The number of hydrazone groups is 1. The van der Waals surface area contributed by atoms with E-state index in [0.717, 1.165) is 5.69 Å². The summed E-state index contributed by atoms with van der Waals surface area (Å²) >= 11 is 11.8. The van der Waals surface area contributed by atoms with Crippen LogP contribution >= 0.6 is 23.2 Å². The van der Waals surface area contributed by atoms with Crippen LogP contribution in [0.1, 0.15) is 21.6 Å². The van der Waals surface area contributed by atoms with E-state index in [1.807, 2.05) is 6.92 Å². The minimum absolute atomic E-state index is 0.334. The minimum atomic E-state index is -0.334. The molecule has 2 aromatic rings. The first-order chi connectivity index (χ1) is 9.56. The van der Waals surface area contributed by atoms with Gasteiger partial charge in [-0.25, -0.2) is 5.43 Å². The van der Waals surface area contributed by atoms with Gasteiger partial charge >= 0.3 is 0 Å². The third-order valence-corrected chi connectivity index (χ3v) is 3.07. The highest BCUT2D eigenvalue weighted by molar-refractivity contribution is 6.36. The van der Waals surface area contributed by atoms with Gasteiger partial charge in [0, 0.05) is 22.5 Å². The smallest absolute Gasteiger partial charge is 0.267 e. The van der Waals surface area contributed by atoms with Crippen LogP contribution in [0.25, 0.3) is 0 Å². The lowest BCUT2D eigenvalue weighted by molar-refractivity contribution is 0.0955. The van der Waals surface area contributed by atoms with E-state index in [1.165, 1.54) is 12.4 Å². The van der Waals surface area contributed by atoms with Crippen molar-refractivity contribution in [1.82, 2.24) is 10.4 Å². The van der Waals surface area contributed by atoms with Gasteiger partial charge in [-0.15, -0.1) is 0 Å². The first kappa shape index (κ1) is 14.5. The zero-order chi connectivity index (χ0) is 14.5. The Kier molecular flexibility index (Phi) is 4.71. The monoisotopic (exact) mass is 307 g/mol. The second kappa shape index (κ2) is 6.50. The normalized spacial score (nSPS) is 10.8. The quantitative estimate of drug-likeness (QED) is 0.697. The Morgan fingerprint density at radius 1 is 1.30 bits per heavy atom. The molecule has 1 aromatic carbocycles. The van der Waals surface area contributed by atoms with Gasteiger partial charge in [-0.3, -0.25) is 9.78 Å². The van der Waals surface area contributed by atoms with Gasteiger partial charge < -0.3 is 0 Å². The van der Waals surface area contributed by atoms with Crippen LogP contribution in [0.15, 0.2) is 41.6 Å². The Hall–Kier alpha value is -1.91. The van der Waals surface area contributed by atoms with Gasteiger partial charge in [0.25, 0.3) is 5.91 Å². The van der Waals surface area contributed by atoms with Crippen molar-refractivity contribution >= 4 is 35.3 Å². The van der Waals surface area contributed by atoms with Crippen LogP contribution in [-0.4, -0.2) is 17.1 Å². The fourth-order valence-corrected chi connectivity index (χ4v) is 1.89. The number of benzene rings is 1. The highest BCUT2D eigenvalue weighted by Gasteiger charge is 2.04. The van der Waals surface area contributed by atoms with Crippen molar-refractivity contribution < 1.29 is 4.79 Å². The van der Waals surface area contributed by atoms with E-state index in [-0.39, 0.29) is 5.91 Å². The van der Waals surface area contributed by atoms with Crippen LogP contribution < -0.4 is 5.43 Å². The molecular formula is C14H11Cl2N3O. The number of aryl methyl sites for hydroxylation is 1. The number of halogens is 2. The molecule has 0 saturated carbocycles. The third-order valence-electron chi connectivity index (χ3n) is 2.51. The van der Waals surface area contributed by atoms with E-state index in [9.17, 15) is 4.79 Å². The Morgan fingerprint density at radius 3 is 2.75 bits per heavy atom. The van der Waals surface area contributed by atoms with Crippen molar-refractivity contribution in [3.8, 4) is 0 Å². The standard InChI is InChI=1S/C14H11Cl2N3O/c1-9-2-3-11(7-17-9)14(20)19-18-8-10-4-5-12(15)6-13(10)16/h2-8H,1H3,(H,19,20)/b18-8-. The number of hydrogen-bond acceptors (Lipinski definition) is 3. The summed E-state index contributed by atoms with van der Waals surface area (Å²) in [6, 6.07) is 8.46.